The third-order valence-electron chi connectivity index (χ3n) is 6.77. The topological polar surface area (TPSA) is 53.1 Å². The third-order valence-corrected chi connectivity index (χ3v) is 7.85. The zero-order valence-corrected chi connectivity index (χ0v) is 21.5. The number of anilines is 2. The molecule has 2 aliphatic heterocycles. The predicted molar refractivity (Wildman–Crippen MR) is 146 cm³/mol. The van der Waals surface area contributed by atoms with Gasteiger partial charge in [-0.2, -0.15) is 0 Å². The fraction of sp³-hybridized carbons (Fsp3) is 0.241. The lowest BCUT2D eigenvalue weighted by molar-refractivity contribution is -0.114. The molecule has 1 saturated heterocycles. The molecule has 3 aromatic rings. The summed E-state index contributed by atoms with van der Waals surface area (Å²) in [6.45, 7) is 4.76. The normalized spacial score (nSPS) is 16.8. The van der Waals surface area contributed by atoms with E-state index in [-0.39, 0.29) is 11.8 Å². The van der Waals surface area contributed by atoms with Crippen LogP contribution in [0.3, 0.4) is 0 Å². The van der Waals surface area contributed by atoms with Gasteiger partial charge in [0.1, 0.15) is 5.75 Å². The smallest absolute Gasteiger partial charge is 0.264 e. The first-order valence-corrected chi connectivity index (χ1v) is 12.8. The molecule has 0 unspecified atom stereocenters. The first-order chi connectivity index (χ1) is 17.5. The second-order valence-corrected chi connectivity index (χ2v) is 10.0. The molecule has 2 aliphatic rings. The van der Waals surface area contributed by atoms with Crippen LogP contribution in [0.2, 0.25) is 0 Å². The van der Waals surface area contributed by atoms with Gasteiger partial charge < -0.3 is 19.4 Å². The van der Waals surface area contributed by atoms with Gasteiger partial charge in [-0.15, -0.1) is 0 Å². The first-order valence-electron chi connectivity index (χ1n) is 12.0. The van der Waals surface area contributed by atoms with Gasteiger partial charge in [0, 0.05) is 43.7 Å². The van der Waals surface area contributed by atoms with Crippen molar-refractivity contribution in [1.29, 1.82) is 0 Å². The van der Waals surface area contributed by atoms with Crippen molar-refractivity contribution in [3.63, 3.8) is 0 Å². The molecule has 0 radical (unpaired) electrons. The molecular formula is C29H29N3O3S. The van der Waals surface area contributed by atoms with Crippen molar-refractivity contribution in [3.05, 3.63) is 88.3 Å². The second kappa shape index (κ2) is 10.1. The van der Waals surface area contributed by atoms with Crippen LogP contribution >= 0.6 is 11.8 Å². The number of methoxy groups -OCH3 is 1. The molecule has 0 aliphatic carbocycles. The van der Waals surface area contributed by atoms with E-state index in [2.05, 4.69) is 4.90 Å². The molecule has 5 rings (SSSR count). The van der Waals surface area contributed by atoms with E-state index in [9.17, 15) is 9.59 Å². The van der Waals surface area contributed by atoms with Gasteiger partial charge in [0.25, 0.3) is 11.8 Å². The SMILES string of the molecule is COc1ccccc1N1CCN(C(=O)c2ccc3c(c2)N(C)C(=O)/C(=C/c2ccccc2C)S3)CC1. The molecule has 0 bridgehead atoms. The minimum Gasteiger partial charge on any atom is -0.495 e. The number of aryl methyl sites for hydroxylation is 1. The fourth-order valence-electron chi connectivity index (χ4n) is 4.64. The van der Waals surface area contributed by atoms with Gasteiger partial charge in [-0.1, -0.05) is 48.2 Å². The van der Waals surface area contributed by atoms with E-state index < -0.39 is 0 Å². The monoisotopic (exact) mass is 499 g/mol. The number of para-hydroxylation sites is 2. The van der Waals surface area contributed by atoms with Crippen molar-refractivity contribution in [2.24, 2.45) is 0 Å². The average molecular weight is 500 g/mol. The number of likely N-dealkylation sites (N-methyl/N-ethyl adjacent to an activating group) is 1. The highest BCUT2D eigenvalue weighted by atomic mass is 32.2. The zero-order valence-electron chi connectivity index (χ0n) is 20.7. The van der Waals surface area contributed by atoms with Crippen LogP contribution in [0.25, 0.3) is 6.08 Å². The molecule has 0 saturated carbocycles. The highest BCUT2D eigenvalue weighted by Gasteiger charge is 2.29. The Morgan fingerprint density at radius 2 is 1.67 bits per heavy atom. The summed E-state index contributed by atoms with van der Waals surface area (Å²) >= 11 is 1.46. The van der Waals surface area contributed by atoms with E-state index in [1.54, 1.807) is 19.1 Å². The van der Waals surface area contributed by atoms with Crippen molar-refractivity contribution in [2.45, 2.75) is 11.8 Å². The van der Waals surface area contributed by atoms with E-state index in [0.717, 1.165) is 46.2 Å². The van der Waals surface area contributed by atoms with Crippen LogP contribution in [0.5, 0.6) is 5.75 Å². The lowest BCUT2D eigenvalue weighted by Crippen LogP contribution is -2.49. The van der Waals surface area contributed by atoms with Gasteiger partial charge in [-0.05, 0) is 54.5 Å². The Morgan fingerprint density at radius 1 is 0.944 bits per heavy atom. The fourth-order valence-corrected chi connectivity index (χ4v) is 5.72. The van der Waals surface area contributed by atoms with Crippen LogP contribution < -0.4 is 14.5 Å². The maximum absolute atomic E-state index is 13.3. The van der Waals surface area contributed by atoms with Crippen molar-refractivity contribution in [2.75, 3.05) is 50.1 Å². The van der Waals surface area contributed by atoms with E-state index >= 15 is 0 Å². The standard InChI is InChI=1S/C29H29N3O3S/c1-20-8-4-5-9-21(20)19-27-29(34)30(2)24-18-22(12-13-26(24)36-27)28(33)32-16-14-31(15-17-32)23-10-6-7-11-25(23)35-3/h4-13,18-19H,14-17H2,1-3H3/b27-19-. The van der Waals surface area contributed by atoms with Crippen LogP contribution in [0.1, 0.15) is 21.5 Å². The Hall–Kier alpha value is -3.71. The van der Waals surface area contributed by atoms with Crippen LogP contribution in [0, 0.1) is 6.92 Å². The molecule has 36 heavy (non-hydrogen) atoms. The maximum Gasteiger partial charge on any atom is 0.264 e. The number of amides is 2. The number of fused-ring (bicyclic) bond motifs is 1. The largest absolute Gasteiger partial charge is 0.495 e. The Balaban J connectivity index is 1.31. The molecule has 1 fully saturated rings. The van der Waals surface area contributed by atoms with Gasteiger partial charge >= 0.3 is 0 Å². The number of hydrogen-bond acceptors (Lipinski definition) is 5. The average Bonchev–Trinajstić information content (AvgIpc) is 2.92. The van der Waals surface area contributed by atoms with Gasteiger partial charge in [-0.3, -0.25) is 9.59 Å². The van der Waals surface area contributed by atoms with Crippen LogP contribution in [0.4, 0.5) is 11.4 Å². The molecule has 0 aromatic heterocycles. The number of hydrogen-bond donors (Lipinski definition) is 0. The molecule has 3 aromatic carbocycles. The minimum absolute atomic E-state index is 0.00965. The molecule has 2 amide bonds. The molecular weight excluding hydrogens is 470 g/mol. The number of rotatable bonds is 4. The number of carbonyl (C=O) groups excluding carboxylic acids is 2. The number of nitrogens with zero attached hydrogens (tertiary/aromatic N) is 3. The summed E-state index contributed by atoms with van der Waals surface area (Å²) in [5, 5.41) is 0. The third kappa shape index (κ3) is 4.58. The molecule has 0 spiro atoms. The Kier molecular flexibility index (Phi) is 6.74. The Labute approximate surface area is 216 Å². The van der Waals surface area contributed by atoms with E-state index in [0.29, 0.717) is 23.6 Å². The van der Waals surface area contributed by atoms with Gasteiger partial charge in [0.2, 0.25) is 0 Å². The number of piperazine rings is 1. The van der Waals surface area contributed by atoms with Crippen molar-refractivity contribution < 1.29 is 14.3 Å². The Bertz CT molecular complexity index is 1350. The van der Waals surface area contributed by atoms with Crippen LogP contribution in [-0.4, -0.2) is 57.1 Å². The van der Waals surface area contributed by atoms with E-state index in [1.165, 1.54) is 11.8 Å². The second-order valence-electron chi connectivity index (χ2n) is 8.97. The van der Waals surface area contributed by atoms with E-state index in [1.807, 2.05) is 84.6 Å². The zero-order chi connectivity index (χ0) is 25.2. The van der Waals surface area contributed by atoms with Gasteiger partial charge in [-0.25, -0.2) is 0 Å². The van der Waals surface area contributed by atoms with Crippen LogP contribution in [-0.2, 0) is 4.79 Å². The van der Waals surface area contributed by atoms with Crippen LogP contribution in [0.15, 0.2) is 76.5 Å². The summed E-state index contributed by atoms with van der Waals surface area (Å²) in [4.78, 5) is 33.9. The summed E-state index contributed by atoms with van der Waals surface area (Å²) in [5.74, 6) is 0.767. The molecule has 7 heteroatoms. The number of benzene rings is 3. The minimum atomic E-state index is -0.0641. The number of thioether (sulfide) groups is 1. The summed E-state index contributed by atoms with van der Waals surface area (Å²) in [5.41, 5.74) is 4.58. The summed E-state index contributed by atoms with van der Waals surface area (Å²) in [6, 6.07) is 21.7. The van der Waals surface area contributed by atoms with Gasteiger partial charge in [0.05, 0.1) is 23.4 Å². The number of ether oxygens (including phenoxy) is 1. The summed E-state index contributed by atoms with van der Waals surface area (Å²) < 4.78 is 5.50. The lowest BCUT2D eigenvalue weighted by Gasteiger charge is -2.37. The van der Waals surface area contributed by atoms with Crippen molar-refractivity contribution in [3.8, 4) is 5.75 Å². The quantitative estimate of drug-likeness (QED) is 0.469. The highest BCUT2D eigenvalue weighted by molar-refractivity contribution is 8.04. The maximum atomic E-state index is 13.3. The predicted octanol–water partition coefficient (Wildman–Crippen LogP) is 5.08. The highest BCUT2D eigenvalue weighted by Crippen LogP contribution is 2.42. The molecule has 2 heterocycles. The molecule has 184 valence electrons. The van der Waals surface area contributed by atoms with Gasteiger partial charge in [0.15, 0.2) is 0 Å². The van der Waals surface area contributed by atoms with Crippen molar-refractivity contribution >= 4 is 41.0 Å². The lowest BCUT2D eigenvalue weighted by atomic mass is 10.1. The summed E-state index contributed by atoms with van der Waals surface area (Å²) in [7, 11) is 3.45. The number of carbonyl (C=O) groups is 2. The molecule has 6 nitrogen and oxygen atoms in total. The first kappa shape index (κ1) is 24.0. The van der Waals surface area contributed by atoms with E-state index in [4.69, 9.17) is 4.74 Å². The van der Waals surface area contributed by atoms with Crippen molar-refractivity contribution in [1.82, 2.24) is 4.90 Å². The summed E-state index contributed by atoms with van der Waals surface area (Å²) in [6.07, 6.45) is 1.95. The molecule has 0 N–H and O–H groups in total. The Morgan fingerprint density at radius 3 is 2.42 bits per heavy atom. The molecule has 0 atom stereocenters.